The molecular formula is C21H23NO2Si. The van der Waals surface area contributed by atoms with Crippen molar-refractivity contribution in [2.24, 2.45) is 0 Å². The summed E-state index contributed by atoms with van der Waals surface area (Å²) in [5.41, 5.74) is 5.49. The fourth-order valence-electron chi connectivity index (χ4n) is 3.03. The zero-order valence-electron chi connectivity index (χ0n) is 15.3. The smallest absolute Gasteiger partial charge is 0.261 e. The van der Waals surface area contributed by atoms with E-state index in [0.29, 0.717) is 17.7 Å². The lowest BCUT2D eigenvalue weighted by Gasteiger charge is -2.27. The molecule has 1 aliphatic heterocycles. The lowest BCUT2D eigenvalue weighted by atomic mass is 9.91. The van der Waals surface area contributed by atoms with Crippen molar-refractivity contribution in [1.82, 2.24) is 4.90 Å². The van der Waals surface area contributed by atoms with E-state index < -0.39 is 8.07 Å². The van der Waals surface area contributed by atoms with Crippen LogP contribution in [0.3, 0.4) is 0 Å². The summed E-state index contributed by atoms with van der Waals surface area (Å²) in [6.07, 6.45) is 1.77. The third-order valence-electron chi connectivity index (χ3n) is 4.30. The van der Waals surface area contributed by atoms with Crippen LogP contribution in [0, 0.1) is 11.5 Å². The van der Waals surface area contributed by atoms with Crippen molar-refractivity contribution in [3.63, 3.8) is 0 Å². The lowest BCUT2D eigenvalue weighted by molar-refractivity contribution is 0.0608. The molecule has 2 aromatic rings. The number of imide groups is 1. The first-order valence-corrected chi connectivity index (χ1v) is 12.3. The number of nitrogens with zero attached hydrogens (tertiary/aromatic N) is 1. The van der Waals surface area contributed by atoms with Gasteiger partial charge in [-0.1, -0.05) is 51.0 Å². The molecule has 0 atom stereocenters. The van der Waals surface area contributed by atoms with Crippen LogP contribution in [0.1, 0.15) is 46.0 Å². The summed E-state index contributed by atoms with van der Waals surface area (Å²) in [7, 11) is -1.51. The Balaban J connectivity index is 2.19. The molecule has 0 aliphatic carbocycles. The zero-order chi connectivity index (χ0) is 18.2. The molecule has 4 heteroatoms. The second-order valence-corrected chi connectivity index (χ2v) is 12.3. The molecule has 0 unspecified atom stereocenters. The van der Waals surface area contributed by atoms with Gasteiger partial charge >= 0.3 is 0 Å². The second-order valence-electron chi connectivity index (χ2n) is 7.50. The average molecular weight is 350 g/mol. The molecule has 25 heavy (non-hydrogen) atoms. The van der Waals surface area contributed by atoms with Crippen LogP contribution in [0.2, 0.25) is 19.6 Å². The third-order valence-corrected chi connectivity index (χ3v) is 5.17. The van der Waals surface area contributed by atoms with Crippen LogP contribution in [-0.4, -0.2) is 31.3 Å². The van der Waals surface area contributed by atoms with Gasteiger partial charge in [0.05, 0.1) is 0 Å². The van der Waals surface area contributed by atoms with Gasteiger partial charge in [0, 0.05) is 28.6 Å². The molecule has 3 nitrogen and oxygen atoms in total. The normalized spacial score (nSPS) is 13.8. The van der Waals surface area contributed by atoms with Crippen molar-refractivity contribution in [3.05, 3.63) is 47.0 Å². The Morgan fingerprint density at radius 3 is 2.32 bits per heavy atom. The monoisotopic (exact) mass is 349 g/mol. The Hall–Kier alpha value is -2.38. The maximum absolute atomic E-state index is 12.8. The molecule has 0 spiro atoms. The fourth-order valence-corrected chi connectivity index (χ4v) is 3.54. The van der Waals surface area contributed by atoms with Crippen molar-refractivity contribution in [3.8, 4) is 11.5 Å². The summed E-state index contributed by atoms with van der Waals surface area (Å²) >= 11 is 0. The molecule has 128 valence electrons. The first-order chi connectivity index (χ1) is 11.8. The molecule has 0 N–H and O–H groups in total. The van der Waals surface area contributed by atoms with E-state index in [2.05, 4.69) is 38.0 Å². The molecule has 3 rings (SSSR count). The molecule has 1 aliphatic rings. The van der Waals surface area contributed by atoms with Crippen molar-refractivity contribution in [2.45, 2.75) is 39.4 Å². The summed E-state index contributed by atoms with van der Waals surface area (Å²) < 4.78 is 0. The Morgan fingerprint density at radius 2 is 1.68 bits per heavy atom. The highest BCUT2D eigenvalue weighted by atomic mass is 28.3. The van der Waals surface area contributed by atoms with Crippen LogP contribution in [0.15, 0.2) is 30.3 Å². The first kappa shape index (κ1) is 17.4. The molecule has 0 saturated heterocycles. The van der Waals surface area contributed by atoms with E-state index in [-0.39, 0.29) is 11.8 Å². The minimum atomic E-state index is -1.51. The topological polar surface area (TPSA) is 37.4 Å². The van der Waals surface area contributed by atoms with Gasteiger partial charge < -0.3 is 0 Å². The molecule has 0 bridgehead atoms. The fraction of sp³-hybridized carbons (Fsp3) is 0.333. The third kappa shape index (κ3) is 3.25. The van der Waals surface area contributed by atoms with Gasteiger partial charge in [0.15, 0.2) is 0 Å². The minimum absolute atomic E-state index is 0.188. The standard InChI is InChI=1S/C21H23NO2Si/c1-5-6-13-22-20(23)17-9-7-8-16-15(12-14-25(2,3)4)10-11-18(19(16)17)21(22)24/h7-11H,5-6,13H2,1-4H3. The second kappa shape index (κ2) is 6.49. The van der Waals surface area contributed by atoms with Crippen LogP contribution < -0.4 is 0 Å². The molecule has 1 heterocycles. The summed E-state index contributed by atoms with van der Waals surface area (Å²) in [5, 5.41) is 1.66. The average Bonchev–Trinajstić information content (AvgIpc) is 2.57. The Kier molecular flexibility index (Phi) is 4.53. The number of carbonyl (C=O) groups excluding carboxylic acids is 2. The molecule has 0 aromatic heterocycles. The Labute approximate surface area is 150 Å². The van der Waals surface area contributed by atoms with Gasteiger partial charge in [0.25, 0.3) is 11.8 Å². The summed E-state index contributed by atoms with van der Waals surface area (Å²) in [6, 6.07) is 9.40. The van der Waals surface area contributed by atoms with Crippen molar-refractivity contribution in [2.75, 3.05) is 6.54 Å². The lowest BCUT2D eigenvalue weighted by Crippen LogP contribution is -2.40. The van der Waals surface area contributed by atoms with Crippen LogP contribution in [0.5, 0.6) is 0 Å². The van der Waals surface area contributed by atoms with Gasteiger partial charge in [0.1, 0.15) is 8.07 Å². The van der Waals surface area contributed by atoms with Gasteiger partial charge in [-0.05, 0) is 30.0 Å². The van der Waals surface area contributed by atoms with Crippen LogP contribution >= 0.6 is 0 Å². The van der Waals surface area contributed by atoms with E-state index in [4.69, 9.17) is 0 Å². The predicted molar refractivity (Wildman–Crippen MR) is 104 cm³/mol. The number of rotatable bonds is 3. The molecule has 0 saturated carbocycles. The van der Waals surface area contributed by atoms with E-state index >= 15 is 0 Å². The number of unbranched alkanes of at least 4 members (excludes halogenated alkanes) is 1. The molecule has 0 radical (unpaired) electrons. The van der Waals surface area contributed by atoms with Gasteiger partial charge in [0.2, 0.25) is 0 Å². The largest absolute Gasteiger partial charge is 0.274 e. The van der Waals surface area contributed by atoms with Crippen LogP contribution in [0.4, 0.5) is 0 Å². The number of carbonyl (C=O) groups is 2. The summed E-state index contributed by atoms with van der Waals surface area (Å²) in [5.74, 6) is 2.90. The van der Waals surface area contributed by atoms with E-state index in [9.17, 15) is 9.59 Å². The number of amides is 2. The van der Waals surface area contributed by atoms with Crippen molar-refractivity contribution < 1.29 is 9.59 Å². The quantitative estimate of drug-likeness (QED) is 0.466. The van der Waals surface area contributed by atoms with Gasteiger partial charge in [-0.15, -0.1) is 5.54 Å². The van der Waals surface area contributed by atoms with E-state index in [1.54, 1.807) is 0 Å². The van der Waals surface area contributed by atoms with Gasteiger partial charge in [-0.25, -0.2) is 0 Å². The number of benzene rings is 2. The molecule has 2 aromatic carbocycles. The van der Waals surface area contributed by atoms with Gasteiger partial charge in [-0.2, -0.15) is 0 Å². The predicted octanol–water partition coefficient (Wildman–Crippen LogP) is 4.46. The van der Waals surface area contributed by atoms with Crippen molar-refractivity contribution >= 4 is 30.7 Å². The highest BCUT2D eigenvalue weighted by molar-refractivity contribution is 6.83. The summed E-state index contributed by atoms with van der Waals surface area (Å²) in [4.78, 5) is 27.0. The molecule has 0 fully saturated rings. The molecule has 2 amide bonds. The Morgan fingerprint density at radius 1 is 1.00 bits per heavy atom. The molecular weight excluding hydrogens is 326 g/mol. The maximum Gasteiger partial charge on any atom is 0.261 e. The van der Waals surface area contributed by atoms with E-state index in [1.165, 1.54) is 4.90 Å². The maximum atomic E-state index is 12.8. The SMILES string of the molecule is CCCCN1C(=O)c2cccc3c(C#C[Si](C)(C)C)ccc(c23)C1=O. The summed E-state index contributed by atoms with van der Waals surface area (Å²) in [6.45, 7) is 9.12. The van der Waals surface area contributed by atoms with Gasteiger partial charge in [-0.3, -0.25) is 14.5 Å². The first-order valence-electron chi connectivity index (χ1n) is 8.78. The van der Waals surface area contributed by atoms with E-state index in [0.717, 1.165) is 29.2 Å². The zero-order valence-corrected chi connectivity index (χ0v) is 16.3. The minimum Gasteiger partial charge on any atom is -0.274 e. The van der Waals surface area contributed by atoms with Crippen LogP contribution in [0.25, 0.3) is 10.8 Å². The Bertz CT molecular complexity index is 906. The number of hydrogen-bond acceptors (Lipinski definition) is 2. The van der Waals surface area contributed by atoms with Crippen molar-refractivity contribution in [1.29, 1.82) is 0 Å². The highest BCUT2D eigenvalue weighted by Gasteiger charge is 2.32. The highest BCUT2D eigenvalue weighted by Crippen LogP contribution is 2.32. The van der Waals surface area contributed by atoms with E-state index in [1.807, 2.05) is 30.3 Å². The number of hydrogen-bond donors (Lipinski definition) is 0. The van der Waals surface area contributed by atoms with Crippen LogP contribution in [-0.2, 0) is 0 Å².